The SMILES string of the molecule is c1ccc(-n2c3ccccc3c3ccccc32)c(-c2ccc(-c3ccc(N(c4ccc5oc6ccccc6c5c4)c4ccc5sc6ccccc6c5c4)cc3)cc2)c1. The van der Waals surface area contributed by atoms with Crippen molar-refractivity contribution in [2.75, 3.05) is 4.90 Å². The smallest absolute Gasteiger partial charge is 0.135 e. The standard InChI is InChI=1S/C54H34N2OS/c1-6-16-48(56-49-17-7-2-12-42(49)43-13-3-8-18-50(43)56)41(11-1)37-23-21-35(22-24-37)36-25-27-38(28-26-36)55(39-29-31-52-46(33-39)44-14-4-9-19-51(44)57-52)40-30-32-54-47(34-40)45-15-5-10-20-53(45)58-54/h1-34H. The lowest BCUT2D eigenvalue weighted by Gasteiger charge is -2.26. The molecule has 9 aromatic carbocycles. The molecule has 0 aliphatic carbocycles. The molecule has 0 bridgehead atoms. The summed E-state index contributed by atoms with van der Waals surface area (Å²) in [6, 6.07) is 74.5. The van der Waals surface area contributed by atoms with E-state index >= 15 is 0 Å². The first-order chi connectivity index (χ1) is 28.7. The number of thiophene rings is 1. The lowest BCUT2D eigenvalue weighted by molar-refractivity contribution is 0.669. The summed E-state index contributed by atoms with van der Waals surface area (Å²) in [7, 11) is 0. The number of anilines is 3. The fourth-order valence-corrected chi connectivity index (χ4v) is 9.98. The first kappa shape index (κ1) is 32.8. The van der Waals surface area contributed by atoms with Crippen LogP contribution in [0.3, 0.4) is 0 Å². The Labute approximate surface area is 338 Å². The van der Waals surface area contributed by atoms with Crippen molar-refractivity contribution in [3.05, 3.63) is 206 Å². The van der Waals surface area contributed by atoms with Crippen LogP contribution in [0.1, 0.15) is 0 Å². The molecule has 12 aromatic rings. The van der Waals surface area contributed by atoms with Crippen molar-refractivity contribution in [1.29, 1.82) is 0 Å². The van der Waals surface area contributed by atoms with Gasteiger partial charge in [0, 0.05) is 64.3 Å². The molecule has 0 unspecified atom stereocenters. The molecular formula is C54H34N2OS. The number of para-hydroxylation sites is 4. The number of aromatic nitrogens is 1. The van der Waals surface area contributed by atoms with Crippen LogP contribution in [0, 0.1) is 0 Å². The fourth-order valence-electron chi connectivity index (χ4n) is 8.89. The minimum Gasteiger partial charge on any atom is -0.456 e. The summed E-state index contributed by atoms with van der Waals surface area (Å²) in [4.78, 5) is 2.37. The van der Waals surface area contributed by atoms with E-state index in [4.69, 9.17) is 4.42 Å². The number of rotatable bonds is 6. The van der Waals surface area contributed by atoms with E-state index in [0.29, 0.717) is 0 Å². The van der Waals surface area contributed by atoms with Gasteiger partial charge < -0.3 is 13.9 Å². The first-order valence-electron chi connectivity index (χ1n) is 19.7. The molecule has 58 heavy (non-hydrogen) atoms. The van der Waals surface area contributed by atoms with E-state index in [1.165, 1.54) is 69.9 Å². The Morgan fingerprint density at radius 1 is 0.362 bits per heavy atom. The largest absolute Gasteiger partial charge is 0.456 e. The van der Waals surface area contributed by atoms with E-state index in [2.05, 4.69) is 204 Å². The summed E-state index contributed by atoms with van der Waals surface area (Å²) in [5.41, 5.74) is 13.4. The van der Waals surface area contributed by atoms with Gasteiger partial charge in [-0.15, -0.1) is 11.3 Å². The van der Waals surface area contributed by atoms with E-state index in [9.17, 15) is 0 Å². The van der Waals surface area contributed by atoms with Crippen molar-refractivity contribution >= 4 is 92.3 Å². The Morgan fingerprint density at radius 3 is 1.64 bits per heavy atom. The van der Waals surface area contributed by atoms with Gasteiger partial charge in [-0.3, -0.25) is 0 Å². The molecule has 0 aliphatic heterocycles. The number of furan rings is 1. The topological polar surface area (TPSA) is 21.3 Å². The zero-order valence-electron chi connectivity index (χ0n) is 31.3. The lowest BCUT2D eigenvalue weighted by Crippen LogP contribution is -2.09. The molecule has 0 fully saturated rings. The van der Waals surface area contributed by atoms with Crippen LogP contribution in [0.15, 0.2) is 211 Å². The maximum Gasteiger partial charge on any atom is 0.135 e. The van der Waals surface area contributed by atoms with Crippen LogP contribution < -0.4 is 4.90 Å². The van der Waals surface area contributed by atoms with E-state index in [0.717, 1.165) is 39.0 Å². The van der Waals surface area contributed by atoms with Gasteiger partial charge >= 0.3 is 0 Å². The molecule has 0 saturated carbocycles. The van der Waals surface area contributed by atoms with Gasteiger partial charge in [-0.2, -0.15) is 0 Å². The molecular weight excluding hydrogens is 725 g/mol. The molecule has 0 spiro atoms. The second-order valence-corrected chi connectivity index (χ2v) is 16.0. The Bertz CT molecular complexity index is 3350. The minimum absolute atomic E-state index is 0.890. The molecule has 12 rings (SSSR count). The second-order valence-electron chi connectivity index (χ2n) is 14.9. The van der Waals surface area contributed by atoms with Gasteiger partial charge in [0.15, 0.2) is 0 Å². The van der Waals surface area contributed by atoms with Crippen molar-refractivity contribution in [3.8, 4) is 27.9 Å². The van der Waals surface area contributed by atoms with Gasteiger partial charge in [-0.1, -0.05) is 127 Å². The average Bonchev–Trinajstić information content (AvgIpc) is 3.96. The fraction of sp³-hybridized carbons (Fsp3) is 0. The van der Waals surface area contributed by atoms with E-state index < -0.39 is 0 Å². The number of hydrogen-bond donors (Lipinski definition) is 0. The van der Waals surface area contributed by atoms with Crippen LogP contribution in [0.2, 0.25) is 0 Å². The highest BCUT2D eigenvalue weighted by atomic mass is 32.1. The maximum absolute atomic E-state index is 6.24. The molecule has 0 radical (unpaired) electrons. The van der Waals surface area contributed by atoms with Crippen molar-refractivity contribution in [1.82, 2.24) is 4.57 Å². The third-order valence-corrected chi connectivity index (χ3v) is 12.8. The van der Waals surface area contributed by atoms with Crippen LogP contribution in [0.5, 0.6) is 0 Å². The predicted molar refractivity (Wildman–Crippen MR) is 247 cm³/mol. The summed E-state index contributed by atoms with van der Waals surface area (Å²) >= 11 is 1.85. The lowest BCUT2D eigenvalue weighted by atomic mass is 9.98. The third kappa shape index (κ3) is 5.19. The highest BCUT2D eigenvalue weighted by Gasteiger charge is 2.18. The van der Waals surface area contributed by atoms with Gasteiger partial charge in [0.05, 0.1) is 16.7 Å². The van der Waals surface area contributed by atoms with Crippen LogP contribution in [0.25, 0.3) is 91.9 Å². The van der Waals surface area contributed by atoms with Gasteiger partial charge in [-0.25, -0.2) is 0 Å². The summed E-state index contributed by atoms with van der Waals surface area (Å²) in [5, 5.41) is 7.32. The molecule has 272 valence electrons. The normalized spacial score (nSPS) is 11.8. The quantitative estimate of drug-likeness (QED) is 0.168. The van der Waals surface area contributed by atoms with Gasteiger partial charge in [0.25, 0.3) is 0 Å². The zero-order valence-corrected chi connectivity index (χ0v) is 32.2. The highest BCUT2D eigenvalue weighted by molar-refractivity contribution is 7.25. The molecule has 0 aliphatic rings. The third-order valence-electron chi connectivity index (χ3n) is 11.6. The predicted octanol–water partition coefficient (Wildman–Crippen LogP) is 15.9. The number of hydrogen-bond acceptors (Lipinski definition) is 3. The van der Waals surface area contributed by atoms with E-state index in [1.807, 2.05) is 23.5 Å². The van der Waals surface area contributed by atoms with E-state index in [1.54, 1.807) is 0 Å². The zero-order chi connectivity index (χ0) is 38.2. The number of nitrogens with zero attached hydrogens (tertiary/aromatic N) is 2. The first-order valence-corrected chi connectivity index (χ1v) is 20.5. The van der Waals surface area contributed by atoms with Crippen molar-refractivity contribution in [3.63, 3.8) is 0 Å². The Hall–Kier alpha value is -7.40. The minimum atomic E-state index is 0.890. The monoisotopic (exact) mass is 758 g/mol. The van der Waals surface area contributed by atoms with Crippen LogP contribution in [-0.2, 0) is 0 Å². The Morgan fingerprint density at radius 2 is 0.879 bits per heavy atom. The van der Waals surface area contributed by atoms with Gasteiger partial charge in [0.2, 0.25) is 0 Å². The summed E-state index contributed by atoms with van der Waals surface area (Å²) in [5.74, 6) is 0. The number of benzene rings is 9. The van der Waals surface area contributed by atoms with Crippen LogP contribution in [0.4, 0.5) is 17.1 Å². The molecule has 0 saturated heterocycles. The Balaban J connectivity index is 0.933. The second kappa shape index (κ2) is 13.1. The van der Waals surface area contributed by atoms with Crippen molar-refractivity contribution < 1.29 is 4.42 Å². The molecule has 3 nitrogen and oxygen atoms in total. The maximum atomic E-state index is 6.24. The van der Waals surface area contributed by atoms with Gasteiger partial charge in [0.1, 0.15) is 11.2 Å². The summed E-state index contributed by atoms with van der Waals surface area (Å²) in [6.45, 7) is 0. The van der Waals surface area contributed by atoms with Crippen LogP contribution in [-0.4, -0.2) is 4.57 Å². The average molecular weight is 759 g/mol. The van der Waals surface area contributed by atoms with E-state index in [-0.39, 0.29) is 0 Å². The molecule has 0 atom stereocenters. The molecule has 3 heterocycles. The summed E-state index contributed by atoms with van der Waals surface area (Å²) in [6.07, 6.45) is 0. The molecule has 3 aromatic heterocycles. The number of fused-ring (bicyclic) bond motifs is 9. The Kier molecular flexibility index (Phi) is 7.40. The van der Waals surface area contributed by atoms with Gasteiger partial charge in [-0.05, 0) is 95.6 Å². The van der Waals surface area contributed by atoms with Crippen molar-refractivity contribution in [2.24, 2.45) is 0 Å². The molecule has 0 amide bonds. The molecule has 0 N–H and O–H groups in total. The van der Waals surface area contributed by atoms with Crippen LogP contribution >= 0.6 is 11.3 Å². The van der Waals surface area contributed by atoms with Crippen molar-refractivity contribution in [2.45, 2.75) is 0 Å². The molecule has 4 heteroatoms. The summed E-state index contributed by atoms with van der Waals surface area (Å²) < 4.78 is 11.2. The highest BCUT2D eigenvalue weighted by Crippen LogP contribution is 2.43.